The Morgan fingerprint density at radius 3 is 1.15 bits per heavy atom. The second-order valence-corrected chi connectivity index (χ2v) is 22.8. The summed E-state index contributed by atoms with van der Waals surface area (Å²) in [7, 11) is 0. The van der Waals surface area contributed by atoms with Gasteiger partial charge < -0.3 is 0 Å². The van der Waals surface area contributed by atoms with Gasteiger partial charge in [-0.05, 0) is 163 Å². The average Bonchev–Trinajstić information content (AvgIpc) is 3.41. The van der Waals surface area contributed by atoms with E-state index in [0.717, 1.165) is 0 Å². The maximum absolute atomic E-state index is 2.50. The summed E-state index contributed by atoms with van der Waals surface area (Å²) in [6, 6.07) is 87.0. The maximum atomic E-state index is 2.50. The summed E-state index contributed by atoms with van der Waals surface area (Å²) in [5, 5.41) is 9.99. The lowest BCUT2D eigenvalue weighted by Crippen LogP contribution is -2.23. The number of hydrogen-bond donors (Lipinski definition) is 0. The minimum absolute atomic E-state index is 0.128. The maximum Gasteiger partial charge on any atom is 0.0242 e. The van der Waals surface area contributed by atoms with Crippen LogP contribution in [0.4, 0.5) is 0 Å². The highest BCUT2D eigenvalue weighted by Crippen LogP contribution is 2.55. The molecule has 0 saturated heterocycles. The fourth-order valence-electron chi connectivity index (χ4n) is 12.3. The Bertz CT molecular complexity index is 3960. The number of hydrogen-bond acceptors (Lipinski definition) is 2. The molecule has 14 rings (SSSR count). The van der Waals surface area contributed by atoms with Crippen LogP contribution in [0, 0.1) is 0 Å². The minimum Gasteiger partial charge on any atom is -0.0888 e. The quantitative estimate of drug-likeness (QED) is 0.158. The van der Waals surface area contributed by atoms with Gasteiger partial charge in [0.15, 0.2) is 0 Å². The summed E-state index contributed by atoms with van der Waals surface area (Å²) < 4.78 is 0. The first-order valence-corrected chi connectivity index (χ1v) is 26.8. The Morgan fingerprint density at radius 2 is 0.653 bits per heavy atom. The summed E-state index contributed by atoms with van der Waals surface area (Å²) in [5.74, 6) is 0. The zero-order chi connectivity index (χ0) is 48.3. The first kappa shape index (κ1) is 43.2. The van der Waals surface area contributed by atoms with Crippen molar-refractivity contribution in [2.24, 2.45) is 0 Å². The molecule has 72 heavy (non-hydrogen) atoms. The molecule has 0 saturated carbocycles. The van der Waals surface area contributed by atoms with Crippen LogP contribution in [0.15, 0.2) is 250 Å². The van der Waals surface area contributed by atoms with Crippen molar-refractivity contribution in [2.75, 3.05) is 0 Å². The van der Waals surface area contributed by atoms with Crippen LogP contribution >= 0.6 is 23.5 Å². The molecular weight excluding hydrogens is 905 g/mol. The van der Waals surface area contributed by atoms with Gasteiger partial charge in [-0.25, -0.2) is 0 Å². The zero-order valence-electron chi connectivity index (χ0n) is 40.8. The molecule has 2 heterocycles. The van der Waals surface area contributed by atoms with Gasteiger partial charge in [0.05, 0.1) is 0 Å². The van der Waals surface area contributed by atoms with E-state index in [0.29, 0.717) is 0 Å². The van der Waals surface area contributed by atoms with Crippen molar-refractivity contribution in [3.63, 3.8) is 0 Å². The van der Waals surface area contributed by atoms with Crippen molar-refractivity contribution >= 4 is 66.6 Å². The fraction of sp³-hybridized carbons (Fsp3) is 0.0857. The molecule has 0 atom stereocenters. The number of benzene rings is 12. The zero-order valence-corrected chi connectivity index (χ0v) is 42.4. The molecule has 0 fully saturated rings. The van der Waals surface area contributed by atoms with Gasteiger partial charge in [0.2, 0.25) is 0 Å². The lowest BCUT2D eigenvalue weighted by molar-refractivity contribution is 0.608. The first-order valence-electron chi connectivity index (χ1n) is 25.1. The Morgan fingerprint density at radius 1 is 0.264 bits per heavy atom. The van der Waals surface area contributed by atoms with E-state index < -0.39 is 0 Å². The van der Waals surface area contributed by atoms with Gasteiger partial charge in [0.25, 0.3) is 0 Å². The van der Waals surface area contributed by atoms with Crippen LogP contribution < -0.4 is 0 Å². The SMILES string of the molecule is CC1(C)c2ccccc2Sc2c(-c3cc(-c4cccc5c(-c6ccccc6)c6cccc(-c7cc(-c8cccc9c8Sc8ccccc8C9(C)C)c8ccccc8c7)c6cc45)cc4ccccc34)cccc21. The molecule has 0 aliphatic carbocycles. The molecule has 2 aliphatic heterocycles. The van der Waals surface area contributed by atoms with Crippen molar-refractivity contribution in [3.8, 4) is 55.6 Å². The van der Waals surface area contributed by atoms with Gasteiger partial charge >= 0.3 is 0 Å². The first-order chi connectivity index (χ1) is 35.2. The molecule has 0 aromatic heterocycles. The molecule has 0 unspecified atom stereocenters. The molecule has 0 amide bonds. The number of rotatable bonds is 5. The minimum atomic E-state index is -0.128. The molecule has 0 nitrogen and oxygen atoms in total. The highest BCUT2D eigenvalue weighted by atomic mass is 32.2. The summed E-state index contributed by atoms with van der Waals surface area (Å²) in [4.78, 5) is 5.37. The van der Waals surface area contributed by atoms with E-state index in [1.807, 2.05) is 23.5 Å². The van der Waals surface area contributed by atoms with Gasteiger partial charge in [-0.15, -0.1) is 0 Å². The van der Waals surface area contributed by atoms with Crippen LogP contribution in [0.5, 0.6) is 0 Å². The van der Waals surface area contributed by atoms with Gasteiger partial charge in [0, 0.05) is 30.4 Å². The van der Waals surface area contributed by atoms with Gasteiger partial charge in [-0.2, -0.15) is 0 Å². The van der Waals surface area contributed by atoms with Crippen molar-refractivity contribution in [3.05, 3.63) is 253 Å². The molecule has 0 N–H and O–H groups in total. The van der Waals surface area contributed by atoms with E-state index in [4.69, 9.17) is 0 Å². The fourth-order valence-corrected chi connectivity index (χ4v) is 15.4. The molecule has 2 aliphatic rings. The molecule has 342 valence electrons. The predicted molar refractivity (Wildman–Crippen MR) is 309 cm³/mol. The molecule has 2 heteroatoms. The standard InChI is InChI=1S/C70H50S2/c1-69(2)60-32-12-14-36-64(60)71-67-54(30-18-34-62(67)69)56-40-46(38-44-22-8-10-24-48(44)56)50-26-16-28-52-58(50)42-59-51(27-17-29-53(59)66(52)43-20-6-5-7-21-43)47-39-45-23-9-11-25-49(45)57(41-47)55-31-19-35-63-68(55)72-65-37-15-13-33-61(65)70(63,3)4/h5-42H,1-4H3. The normalized spacial score (nSPS) is 14.2. The highest BCUT2D eigenvalue weighted by Gasteiger charge is 2.36. The van der Waals surface area contributed by atoms with Crippen LogP contribution in [0.2, 0.25) is 0 Å². The lowest BCUT2D eigenvalue weighted by atomic mass is 9.76. The molecular formula is C70H50S2. The Kier molecular flexibility index (Phi) is 9.88. The molecule has 0 spiro atoms. The van der Waals surface area contributed by atoms with E-state index in [9.17, 15) is 0 Å². The lowest BCUT2D eigenvalue weighted by Gasteiger charge is -2.35. The van der Waals surface area contributed by atoms with E-state index in [1.54, 1.807) is 0 Å². The van der Waals surface area contributed by atoms with E-state index in [-0.39, 0.29) is 10.8 Å². The monoisotopic (exact) mass is 954 g/mol. The van der Waals surface area contributed by atoms with Crippen molar-refractivity contribution in [2.45, 2.75) is 58.1 Å². The third kappa shape index (κ3) is 6.62. The molecule has 12 aromatic rings. The molecule has 12 aromatic carbocycles. The Labute approximate surface area is 430 Å². The Hall–Kier alpha value is -7.62. The van der Waals surface area contributed by atoms with Gasteiger partial charge in [0.1, 0.15) is 0 Å². The topological polar surface area (TPSA) is 0 Å². The largest absolute Gasteiger partial charge is 0.0888 e. The summed E-state index contributed by atoms with van der Waals surface area (Å²) in [5.41, 5.74) is 17.8. The van der Waals surface area contributed by atoms with Crippen LogP contribution in [-0.2, 0) is 10.8 Å². The van der Waals surface area contributed by atoms with Gasteiger partial charge in [-0.3, -0.25) is 0 Å². The van der Waals surface area contributed by atoms with Crippen molar-refractivity contribution < 1.29 is 0 Å². The smallest absolute Gasteiger partial charge is 0.0242 e. The summed E-state index contributed by atoms with van der Waals surface area (Å²) in [6.07, 6.45) is 0. The van der Waals surface area contributed by atoms with Gasteiger partial charge in [-0.1, -0.05) is 239 Å². The third-order valence-electron chi connectivity index (χ3n) is 15.9. The van der Waals surface area contributed by atoms with Crippen molar-refractivity contribution in [1.29, 1.82) is 0 Å². The van der Waals surface area contributed by atoms with Crippen LogP contribution in [0.3, 0.4) is 0 Å². The van der Waals surface area contributed by atoms with E-state index in [1.165, 1.54) is 141 Å². The highest BCUT2D eigenvalue weighted by molar-refractivity contribution is 8.00. The summed E-state index contributed by atoms with van der Waals surface area (Å²) >= 11 is 3.84. The second kappa shape index (κ2) is 16.5. The van der Waals surface area contributed by atoms with E-state index in [2.05, 4.69) is 258 Å². The number of fused-ring (bicyclic) bond motifs is 8. The second-order valence-electron chi connectivity index (χ2n) is 20.7. The average molecular weight is 955 g/mol. The summed E-state index contributed by atoms with van der Waals surface area (Å²) in [6.45, 7) is 9.53. The molecule has 0 bridgehead atoms. The predicted octanol–water partition coefficient (Wildman–Crippen LogP) is 20.2. The third-order valence-corrected chi connectivity index (χ3v) is 18.4. The Balaban J connectivity index is 1.01. The molecule has 0 radical (unpaired) electrons. The van der Waals surface area contributed by atoms with Crippen LogP contribution in [0.25, 0.3) is 98.7 Å². The van der Waals surface area contributed by atoms with Crippen LogP contribution in [0.1, 0.15) is 49.9 Å². The van der Waals surface area contributed by atoms with E-state index >= 15 is 0 Å². The van der Waals surface area contributed by atoms with Crippen molar-refractivity contribution in [1.82, 2.24) is 0 Å². The van der Waals surface area contributed by atoms with Crippen LogP contribution in [-0.4, -0.2) is 0 Å².